The van der Waals surface area contributed by atoms with E-state index in [2.05, 4.69) is 4.99 Å². The number of hydrogen-bond acceptors (Lipinski definition) is 6. The second-order valence-electron chi connectivity index (χ2n) is 7.37. The van der Waals surface area contributed by atoms with Crippen LogP contribution in [0.5, 0.6) is 5.75 Å². The molecular weight excluding hydrogens is 448 g/mol. The number of hydrogen-bond donors (Lipinski definition) is 0. The van der Waals surface area contributed by atoms with E-state index in [0.717, 1.165) is 11.1 Å². The molecule has 0 amide bonds. The van der Waals surface area contributed by atoms with Crippen LogP contribution in [0.15, 0.2) is 63.5 Å². The van der Waals surface area contributed by atoms with Gasteiger partial charge in [-0.05, 0) is 43.7 Å². The van der Waals surface area contributed by atoms with Crippen LogP contribution in [0.1, 0.15) is 29.7 Å². The first-order valence-corrected chi connectivity index (χ1v) is 11.0. The van der Waals surface area contributed by atoms with Crippen LogP contribution in [0.25, 0.3) is 6.08 Å². The number of nitrogens with zero attached hydrogens (tertiary/aromatic N) is 2. The van der Waals surface area contributed by atoms with Gasteiger partial charge in [-0.1, -0.05) is 52.8 Å². The van der Waals surface area contributed by atoms with Gasteiger partial charge in [0, 0.05) is 10.6 Å². The zero-order valence-electron chi connectivity index (χ0n) is 18.0. The Morgan fingerprint density at radius 3 is 2.53 bits per heavy atom. The Labute approximate surface area is 193 Å². The molecule has 1 atom stereocenters. The normalized spacial score (nSPS) is 15.9. The lowest BCUT2D eigenvalue weighted by atomic mass is 9.95. The van der Waals surface area contributed by atoms with E-state index in [1.54, 1.807) is 25.1 Å². The van der Waals surface area contributed by atoms with E-state index in [0.29, 0.717) is 31.4 Å². The third-order valence-electron chi connectivity index (χ3n) is 5.29. The van der Waals surface area contributed by atoms with Gasteiger partial charge in [-0.25, -0.2) is 9.79 Å². The maximum Gasteiger partial charge on any atom is 0.338 e. The molecule has 32 heavy (non-hydrogen) atoms. The standard InChI is InChI=1S/C24H21ClN2O4S/c1-13-5-7-15(8-6-13)11-19-22(28)27-21(17-12-16(25)9-10-18(17)30-3)20(23(29)31-4)14(2)26-24(27)32-19/h5-12,21H,1-4H3/b19-11-/t21-/m1/s1. The Bertz CT molecular complexity index is 1420. The van der Waals surface area contributed by atoms with Gasteiger partial charge >= 0.3 is 5.97 Å². The zero-order chi connectivity index (χ0) is 23.0. The van der Waals surface area contributed by atoms with Crippen molar-refractivity contribution < 1.29 is 14.3 Å². The number of thiazole rings is 1. The second kappa shape index (κ2) is 8.76. The highest BCUT2D eigenvalue weighted by molar-refractivity contribution is 7.07. The van der Waals surface area contributed by atoms with Crippen molar-refractivity contribution in [3.8, 4) is 5.75 Å². The van der Waals surface area contributed by atoms with E-state index < -0.39 is 12.0 Å². The number of benzene rings is 2. The molecule has 0 aliphatic carbocycles. The molecule has 4 rings (SSSR count). The molecule has 1 aromatic heterocycles. The number of fused-ring (bicyclic) bond motifs is 1. The molecule has 0 saturated carbocycles. The summed E-state index contributed by atoms with van der Waals surface area (Å²) in [5.74, 6) is -0.0605. The van der Waals surface area contributed by atoms with Crippen molar-refractivity contribution in [1.82, 2.24) is 4.57 Å². The molecule has 1 aliphatic heterocycles. The zero-order valence-corrected chi connectivity index (χ0v) is 19.6. The monoisotopic (exact) mass is 468 g/mol. The highest BCUT2D eigenvalue weighted by atomic mass is 35.5. The number of carbonyl (C=O) groups excluding carboxylic acids is 1. The van der Waals surface area contributed by atoms with Crippen molar-refractivity contribution in [2.75, 3.05) is 14.2 Å². The van der Waals surface area contributed by atoms with Gasteiger partial charge in [-0.3, -0.25) is 9.36 Å². The van der Waals surface area contributed by atoms with E-state index in [1.165, 1.54) is 30.1 Å². The van der Waals surface area contributed by atoms with Crippen molar-refractivity contribution in [2.24, 2.45) is 4.99 Å². The maximum absolute atomic E-state index is 13.5. The van der Waals surface area contributed by atoms with E-state index in [4.69, 9.17) is 21.1 Å². The first kappa shape index (κ1) is 22.0. The molecule has 0 bridgehead atoms. The Kier molecular flexibility index (Phi) is 6.04. The number of halogens is 1. The van der Waals surface area contributed by atoms with Crippen LogP contribution >= 0.6 is 22.9 Å². The number of methoxy groups -OCH3 is 2. The summed E-state index contributed by atoms with van der Waals surface area (Å²) in [5.41, 5.74) is 3.11. The summed E-state index contributed by atoms with van der Waals surface area (Å²) in [6.45, 7) is 3.74. The molecule has 6 nitrogen and oxygen atoms in total. The Balaban J connectivity index is 2.02. The molecule has 164 valence electrons. The van der Waals surface area contributed by atoms with Gasteiger partial charge in [0.2, 0.25) is 0 Å². The summed E-state index contributed by atoms with van der Waals surface area (Å²) in [4.78, 5) is 31.4. The summed E-state index contributed by atoms with van der Waals surface area (Å²) in [6.07, 6.45) is 1.83. The number of aromatic nitrogens is 1. The van der Waals surface area contributed by atoms with Crippen LogP contribution < -0.4 is 19.6 Å². The van der Waals surface area contributed by atoms with Gasteiger partial charge < -0.3 is 9.47 Å². The largest absolute Gasteiger partial charge is 0.496 e. The van der Waals surface area contributed by atoms with Gasteiger partial charge in [0.05, 0.1) is 30.0 Å². The maximum atomic E-state index is 13.5. The average Bonchev–Trinajstić information content (AvgIpc) is 3.08. The minimum Gasteiger partial charge on any atom is -0.496 e. The van der Waals surface area contributed by atoms with Gasteiger partial charge in [0.1, 0.15) is 11.8 Å². The number of esters is 1. The fourth-order valence-electron chi connectivity index (χ4n) is 3.72. The van der Waals surface area contributed by atoms with Gasteiger partial charge in [0.25, 0.3) is 5.56 Å². The van der Waals surface area contributed by atoms with E-state index in [9.17, 15) is 9.59 Å². The molecule has 2 heterocycles. The quantitative estimate of drug-likeness (QED) is 0.550. The van der Waals surface area contributed by atoms with Crippen molar-refractivity contribution in [3.63, 3.8) is 0 Å². The first-order chi connectivity index (χ1) is 15.3. The van der Waals surface area contributed by atoms with Gasteiger partial charge in [0.15, 0.2) is 4.80 Å². The summed E-state index contributed by atoms with van der Waals surface area (Å²) >= 11 is 7.55. The topological polar surface area (TPSA) is 69.9 Å². The molecule has 0 fully saturated rings. The van der Waals surface area contributed by atoms with E-state index >= 15 is 0 Å². The third-order valence-corrected chi connectivity index (χ3v) is 6.51. The van der Waals surface area contributed by atoms with Crippen LogP contribution in [0.4, 0.5) is 0 Å². The number of carbonyl (C=O) groups is 1. The molecule has 0 radical (unpaired) electrons. The summed E-state index contributed by atoms with van der Waals surface area (Å²) in [6, 6.07) is 12.2. The van der Waals surface area contributed by atoms with Crippen molar-refractivity contribution in [3.05, 3.63) is 95.1 Å². The van der Waals surface area contributed by atoms with E-state index in [1.807, 2.05) is 37.3 Å². The Morgan fingerprint density at radius 2 is 1.88 bits per heavy atom. The van der Waals surface area contributed by atoms with Crippen molar-refractivity contribution in [2.45, 2.75) is 19.9 Å². The Hall–Kier alpha value is -3.16. The van der Waals surface area contributed by atoms with Gasteiger partial charge in [-0.2, -0.15) is 0 Å². The molecule has 0 saturated heterocycles. The number of aryl methyl sites for hydroxylation is 1. The van der Waals surface area contributed by atoms with Crippen LogP contribution in [-0.4, -0.2) is 24.8 Å². The van der Waals surface area contributed by atoms with Crippen LogP contribution in [0.3, 0.4) is 0 Å². The lowest BCUT2D eigenvalue weighted by Gasteiger charge is -2.25. The predicted octanol–water partition coefficient (Wildman–Crippen LogP) is 3.38. The predicted molar refractivity (Wildman–Crippen MR) is 125 cm³/mol. The van der Waals surface area contributed by atoms with Gasteiger partial charge in [-0.15, -0.1) is 0 Å². The highest BCUT2D eigenvalue weighted by Gasteiger charge is 2.35. The van der Waals surface area contributed by atoms with Crippen LogP contribution in [0.2, 0.25) is 5.02 Å². The summed E-state index contributed by atoms with van der Waals surface area (Å²) < 4.78 is 12.6. The SMILES string of the molecule is COC(=O)C1=C(C)N=c2s/c(=C\c3ccc(C)cc3)c(=O)n2[C@@H]1c1cc(Cl)ccc1OC. The molecule has 0 spiro atoms. The molecular formula is C24H21ClN2O4S. The first-order valence-electron chi connectivity index (χ1n) is 9.85. The number of allylic oxidation sites excluding steroid dienone is 1. The molecule has 1 aliphatic rings. The lowest BCUT2D eigenvalue weighted by Crippen LogP contribution is -2.40. The molecule has 0 unspecified atom stereocenters. The molecule has 0 N–H and O–H groups in total. The van der Waals surface area contributed by atoms with Crippen molar-refractivity contribution >= 4 is 35.0 Å². The smallest absolute Gasteiger partial charge is 0.338 e. The van der Waals surface area contributed by atoms with E-state index in [-0.39, 0.29) is 11.1 Å². The fraction of sp³-hybridized carbons (Fsp3) is 0.208. The number of ether oxygens (including phenoxy) is 2. The lowest BCUT2D eigenvalue weighted by molar-refractivity contribution is -0.136. The molecule has 8 heteroatoms. The molecule has 2 aromatic carbocycles. The van der Waals surface area contributed by atoms with Crippen molar-refractivity contribution in [1.29, 1.82) is 0 Å². The average molecular weight is 469 g/mol. The second-order valence-corrected chi connectivity index (χ2v) is 8.82. The highest BCUT2D eigenvalue weighted by Crippen LogP contribution is 2.37. The Morgan fingerprint density at radius 1 is 1.16 bits per heavy atom. The minimum atomic E-state index is -0.785. The summed E-state index contributed by atoms with van der Waals surface area (Å²) in [5, 5.41) is 0.460. The molecule has 3 aromatic rings. The number of rotatable bonds is 4. The summed E-state index contributed by atoms with van der Waals surface area (Å²) in [7, 11) is 2.83. The minimum absolute atomic E-state index is 0.254. The van der Waals surface area contributed by atoms with Crippen LogP contribution in [0, 0.1) is 6.92 Å². The third kappa shape index (κ3) is 3.89. The van der Waals surface area contributed by atoms with Crippen LogP contribution in [-0.2, 0) is 9.53 Å². The fourth-order valence-corrected chi connectivity index (χ4v) is 4.95.